The van der Waals surface area contributed by atoms with E-state index in [4.69, 9.17) is 35.4 Å². The standard InChI is InChI=1S/C53H76FN6O8P/c1-4-7-9-11-13-14-15-16-17-18-19-21-23-31-37-64-51(62)44(38-42-32-26-24-27-33-42)59-69(63,68-43-34-28-25-29-35-43)65-40-53(6-3)45(66-47(61)36-30-22-20-12-10-8-5-2)39-46(67-53)60-41-56-48-49(55)57-52(54)58-50(48)60/h3,24-29,32-35,41,44-46H,4-5,7-23,30-31,36-40H2,1-2H3,(H,59,63)(H2,55,57,58)/t44-,45-,46+,53+,69-/m0/s1. The number of unbranched alkanes of at least 4 members (excludes halogenated alkanes) is 19. The number of terminal acetylenes is 1. The zero-order valence-corrected chi connectivity index (χ0v) is 41.9. The number of anilines is 1. The largest absolute Gasteiger partial charge is 0.465 e. The van der Waals surface area contributed by atoms with Crippen LogP contribution in [-0.2, 0) is 39.3 Å². The summed E-state index contributed by atoms with van der Waals surface area (Å²) in [6.07, 6.45) is 28.5. The second kappa shape index (κ2) is 30.0. The molecule has 3 heterocycles. The highest BCUT2D eigenvalue weighted by Gasteiger charge is 2.53. The van der Waals surface area contributed by atoms with Crippen molar-refractivity contribution in [2.75, 3.05) is 18.9 Å². The lowest BCUT2D eigenvalue weighted by Gasteiger charge is -2.31. The van der Waals surface area contributed by atoms with Gasteiger partial charge in [0.25, 0.3) is 0 Å². The Bertz CT molecular complexity index is 2210. The first-order valence-electron chi connectivity index (χ1n) is 25.6. The van der Waals surface area contributed by atoms with Crippen LogP contribution in [0.3, 0.4) is 0 Å². The summed E-state index contributed by atoms with van der Waals surface area (Å²) in [6.45, 7) is 3.98. The van der Waals surface area contributed by atoms with Crippen LogP contribution in [0.25, 0.3) is 11.2 Å². The van der Waals surface area contributed by atoms with Gasteiger partial charge in [0.05, 0.1) is 12.9 Å². The molecule has 16 heteroatoms. The number of benzene rings is 2. The second-order valence-corrected chi connectivity index (χ2v) is 19.9. The van der Waals surface area contributed by atoms with Crippen molar-refractivity contribution in [3.63, 3.8) is 0 Å². The van der Waals surface area contributed by atoms with Gasteiger partial charge in [-0.25, -0.2) is 9.55 Å². The van der Waals surface area contributed by atoms with Gasteiger partial charge in [-0.05, 0) is 37.0 Å². The maximum absolute atomic E-state index is 15.2. The van der Waals surface area contributed by atoms with Crippen LogP contribution in [-0.4, -0.2) is 62.4 Å². The van der Waals surface area contributed by atoms with Crippen molar-refractivity contribution in [3.05, 3.63) is 78.6 Å². The van der Waals surface area contributed by atoms with Gasteiger partial charge in [-0.1, -0.05) is 190 Å². The highest BCUT2D eigenvalue weighted by molar-refractivity contribution is 7.52. The van der Waals surface area contributed by atoms with Crippen molar-refractivity contribution >= 4 is 36.7 Å². The lowest BCUT2D eigenvalue weighted by atomic mass is 9.98. The van der Waals surface area contributed by atoms with Crippen molar-refractivity contribution in [1.29, 1.82) is 0 Å². The van der Waals surface area contributed by atoms with Crippen LogP contribution in [0.2, 0.25) is 0 Å². The lowest BCUT2D eigenvalue weighted by Crippen LogP contribution is -2.46. The Balaban J connectivity index is 1.28. The van der Waals surface area contributed by atoms with E-state index in [1.165, 1.54) is 81.5 Å². The third-order valence-electron chi connectivity index (χ3n) is 12.6. The molecule has 2 aromatic heterocycles. The number of imidazole rings is 1. The van der Waals surface area contributed by atoms with E-state index in [9.17, 15) is 14.0 Å². The number of para-hydroxylation sites is 1. The number of carbonyl (C=O) groups is 2. The molecule has 0 radical (unpaired) electrons. The third-order valence-corrected chi connectivity index (χ3v) is 14.1. The van der Waals surface area contributed by atoms with Crippen molar-refractivity contribution in [2.45, 2.75) is 192 Å². The van der Waals surface area contributed by atoms with Gasteiger partial charge in [0, 0.05) is 12.8 Å². The molecule has 0 aliphatic carbocycles. The number of fused-ring (bicyclic) bond motifs is 1. The number of carbonyl (C=O) groups excluding carboxylic acids is 2. The zero-order valence-electron chi connectivity index (χ0n) is 41.0. The summed E-state index contributed by atoms with van der Waals surface area (Å²) < 4.78 is 61.9. The van der Waals surface area contributed by atoms with Crippen molar-refractivity contribution in [3.8, 4) is 18.1 Å². The molecule has 4 aromatic rings. The van der Waals surface area contributed by atoms with Gasteiger partial charge in [-0.15, -0.1) is 6.42 Å². The number of halogens is 1. The van der Waals surface area contributed by atoms with Gasteiger partial charge in [-0.2, -0.15) is 19.4 Å². The monoisotopic (exact) mass is 975 g/mol. The van der Waals surface area contributed by atoms with E-state index in [0.29, 0.717) is 12.8 Å². The Morgan fingerprint density at radius 1 is 0.855 bits per heavy atom. The number of nitrogens with two attached hydrogens (primary N) is 1. The predicted molar refractivity (Wildman–Crippen MR) is 267 cm³/mol. The van der Waals surface area contributed by atoms with E-state index in [1.807, 2.05) is 30.3 Å². The van der Waals surface area contributed by atoms with Gasteiger partial charge in [0.1, 0.15) is 30.7 Å². The van der Waals surface area contributed by atoms with Gasteiger partial charge < -0.3 is 24.5 Å². The molecule has 0 bridgehead atoms. The lowest BCUT2D eigenvalue weighted by molar-refractivity contribution is -0.158. The van der Waals surface area contributed by atoms with Crippen LogP contribution < -0.4 is 15.3 Å². The quantitative estimate of drug-likeness (QED) is 0.0146. The van der Waals surface area contributed by atoms with Gasteiger partial charge in [0.2, 0.25) is 0 Å². The van der Waals surface area contributed by atoms with Crippen molar-refractivity contribution in [1.82, 2.24) is 24.6 Å². The molecule has 0 unspecified atom stereocenters. The number of rotatable bonds is 35. The topological polar surface area (TPSA) is 179 Å². The summed E-state index contributed by atoms with van der Waals surface area (Å²) in [4.78, 5) is 39.2. The average Bonchev–Trinajstić information content (AvgIpc) is 3.94. The number of hydrogen-bond donors (Lipinski definition) is 2. The van der Waals surface area contributed by atoms with Crippen LogP contribution in [0.4, 0.5) is 10.2 Å². The summed E-state index contributed by atoms with van der Waals surface area (Å²) in [5.74, 6) is 1.51. The normalized spacial score (nSPS) is 18.1. The Morgan fingerprint density at radius 3 is 2.01 bits per heavy atom. The molecule has 378 valence electrons. The first-order chi connectivity index (χ1) is 33.6. The molecular formula is C53H76FN6O8P. The molecule has 5 rings (SSSR count). The maximum atomic E-state index is 15.2. The average molecular weight is 975 g/mol. The summed E-state index contributed by atoms with van der Waals surface area (Å²) in [5, 5.41) is 2.90. The second-order valence-electron chi connectivity index (χ2n) is 18.2. The number of hydrogen-bond acceptors (Lipinski definition) is 12. The molecule has 1 saturated heterocycles. The van der Waals surface area contributed by atoms with Crippen LogP contribution in [0, 0.1) is 18.4 Å². The van der Waals surface area contributed by atoms with E-state index in [-0.39, 0.29) is 48.6 Å². The number of nitrogens with one attached hydrogen (secondary N) is 1. The summed E-state index contributed by atoms with van der Waals surface area (Å²) in [5.41, 5.74) is 5.04. The number of nitrogen functional groups attached to an aromatic ring is 1. The molecule has 3 N–H and O–H groups in total. The van der Waals surface area contributed by atoms with Crippen LogP contribution in [0.15, 0.2) is 67.0 Å². The number of aromatic nitrogens is 4. The van der Waals surface area contributed by atoms with E-state index >= 15 is 4.57 Å². The smallest absolute Gasteiger partial charge is 0.459 e. The van der Waals surface area contributed by atoms with Crippen LogP contribution >= 0.6 is 7.75 Å². The maximum Gasteiger partial charge on any atom is 0.459 e. The summed E-state index contributed by atoms with van der Waals surface area (Å²) >= 11 is 0. The van der Waals surface area contributed by atoms with E-state index < -0.39 is 56.3 Å². The fraction of sp³-hybridized carbons (Fsp3) is 0.604. The summed E-state index contributed by atoms with van der Waals surface area (Å²) in [6, 6.07) is 16.5. The minimum atomic E-state index is -4.57. The van der Waals surface area contributed by atoms with Crippen molar-refractivity contribution in [2.24, 2.45) is 0 Å². The van der Waals surface area contributed by atoms with E-state index in [1.54, 1.807) is 30.3 Å². The zero-order chi connectivity index (χ0) is 49.2. The first-order valence-corrected chi connectivity index (χ1v) is 27.1. The molecular weight excluding hydrogens is 899 g/mol. The number of ether oxygens (including phenoxy) is 3. The molecule has 69 heavy (non-hydrogen) atoms. The van der Waals surface area contributed by atoms with Gasteiger partial charge in [-0.3, -0.25) is 18.7 Å². The van der Waals surface area contributed by atoms with Crippen molar-refractivity contribution < 1.29 is 41.8 Å². The first kappa shape index (κ1) is 55.1. The van der Waals surface area contributed by atoms with Gasteiger partial charge >= 0.3 is 25.8 Å². The molecule has 0 saturated carbocycles. The SMILES string of the molecule is C#C[C@]1(CO[P@@](=O)(N[C@@H](Cc2ccccc2)C(=O)OCCCCCCCCCCCCCCCC)Oc2ccccc2)O[C@@H](n2cnc3c(N)nc(F)nc32)C[C@@H]1OC(=O)CCCCCCCCC. The highest BCUT2D eigenvalue weighted by atomic mass is 31.2. The van der Waals surface area contributed by atoms with Crippen LogP contribution in [0.1, 0.15) is 173 Å². The van der Waals surface area contributed by atoms with E-state index in [0.717, 1.165) is 56.9 Å². The fourth-order valence-corrected chi connectivity index (χ4v) is 10.1. The predicted octanol–water partition coefficient (Wildman–Crippen LogP) is 12.3. The molecule has 0 spiro atoms. The molecule has 5 atom stereocenters. The molecule has 1 aliphatic heterocycles. The molecule has 14 nitrogen and oxygen atoms in total. The fourth-order valence-electron chi connectivity index (χ4n) is 8.60. The Kier molecular flexibility index (Phi) is 23.9. The minimum Gasteiger partial charge on any atom is -0.465 e. The Morgan fingerprint density at radius 2 is 1.42 bits per heavy atom. The highest BCUT2D eigenvalue weighted by Crippen LogP contribution is 2.49. The molecule has 1 fully saturated rings. The van der Waals surface area contributed by atoms with E-state index in [2.05, 4.69) is 39.8 Å². The molecule has 0 amide bonds. The minimum absolute atomic E-state index is 0.0305. The molecule has 1 aliphatic rings. The molecule has 2 aromatic carbocycles. The van der Waals surface area contributed by atoms with Crippen LogP contribution in [0.5, 0.6) is 5.75 Å². The number of esters is 2. The van der Waals surface area contributed by atoms with Gasteiger partial charge in [0.15, 0.2) is 22.6 Å². The third kappa shape index (κ3) is 18.4. The number of nitrogens with zero attached hydrogens (tertiary/aromatic N) is 4. The summed E-state index contributed by atoms with van der Waals surface area (Å²) in [7, 11) is -4.57. The Hall–Kier alpha value is -4.87. The Labute approximate surface area is 409 Å².